The van der Waals surface area contributed by atoms with E-state index in [0.29, 0.717) is 32.6 Å². The van der Waals surface area contributed by atoms with E-state index in [1.807, 2.05) is 6.07 Å². The first kappa shape index (κ1) is 16.0. The predicted octanol–water partition coefficient (Wildman–Crippen LogP) is 0.412. The second-order valence-electron chi connectivity index (χ2n) is 5.74. The largest absolute Gasteiger partial charge is 0.469 e. The molecule has 1 amide bonds. The maximum absolute atomic E-state index is 11.8. The molecule has 118 valence electrons. The van der Waals surface area contributed by atoms with E-state index in [-0.39, 0.29) is 12.5 Å². The monoisotopic (exact) mass is 296 g/mol. The molecule has 0 saturated carbocycles. The molecule has 2 N–H and O–H groups in total. The topological polar surface area (TPSA) is 74.9 Å². The molecule has 1 aliphatic heterocycles. The number of morpholine rings is 1. The Bertz CT molecular complexity index is 425. The van der Waals surface area contributed by atoms with Crippen molar-refractivity contribution in [3.8, 4) is 0 Å². The van der Waals surface area contributed by atoms with Crippen LogP contribution in [-0.4, -0.2) is 60.9 Å². The molecule has 1 aliphatic rings. The quantitative estimate of drug-likeness (QED) is 0.762. The minimum Gasteiger partial charge on any atom is -0.469 e. The van der Waals surface area contributed by atoms with Crippen LogP contribution < -0.4 is 5.32 Å². The lowest BCUT2D eigenvalue weighted by Crippen LogP contribution is -2.51. The molecule has 2 rings (SSSR count). The fourth-order valence-corrected chi connectivity index (χ4v) is 2.37. The third kappa shape index (κ3) is 5.87. The summed E-state index contributed by atoms with van der Waals surface area (Å²) in [6, 6.07) is 3.65. The van der Waals surface area contributed by atoms with Crippen LogP contribution in [-0.2, 0) is 16.0 Å². The summed E-state index contributed by atoms with van der Waals surface area (Å²) in [6.07, 6.45) is 2.53. The Labute approximate surface area is 125 Å². The number of carbonyl (C=O) groups excluding carboxylic acids is 1. The SMILES string of the molecule is CC(O)(CNC(=O)CCc1ccco1)CN1CCOCC1. The summed E-state index contributed by atoms with van der Waals surface area (Å²) in [4.78, 5) is 13.9. The van der Waals surface area contributed by atoms with Crippen LogP contribution in [0.15, 0.2) is 22.8 Å². The Morgan fingerprint density at radius 2 is 2.24 bits per heavy atom. The molecule has 1 aromatic rings. The van der Waals surface area contributed by atoms with Gasteiger partial charge in [0.25, 0.3) is 0 Å². The summed E-state index contributed by atoms with van der Waals surface area (Å²) >= 11 is 0. The Hall–Kier alpha value is -1.37. The van der Waals surface area contributed by atoms with E-state index in [9.17, 15) is 9.90 Å². The minimum absolute atomic E-state index is 0.0753. The summed E-state index contributed by atoms with van der Waals surface area (Å²) in [7, 11) is 0. The molecule has 1 aromatic heterocycles. The Morgan fingerprint density at radius 3 is 2.90 bits per heavy atom. The van der Waals surface area contributed by atoms with Gasteiger partial charge in [-0.1, -0.05) is 0 Å². The third-order valence-electron chi connectivity index (χ3n) is 3.51. The summed E-state index contributed by atoms with van der Waals surface area (Å²) < 4.78 is 10.5. The number of hydrogen-bond acceptors (Lipinski definition) is 5. The Kier molecular flexibility index (Phi) is 5.78. The Morgan fingerprint density at radius 1 is 1.48 bits per heavy atom. The predicted molar refractivity (Wildman–Crippen MR) is 77.9 cm³/mol. The van der Waals surface area contributed by atoms with Crippen LogP contribution in [0.4, 0.5) is 0 Å². The molecule has 1 unspecified atom stereocenters. The molecule has 1 saturated heterocycles. The average Bonchev–Trinajstić information content (AvgIpc) is 2.97. The standard InChI is InChI=1S/C15H24N2O4/c1-15(19,12-17-6-9-20-10-7-17)11-16-14(18)5-4-13-3-2-8-21-13/h2-3,8,19H,4-7,9-12H2,1H3,(H,16,18). The van der Waals surface area contributed by atoms with Crippen LogP contribution >= 0.6 is 0 Å². The lowest BCUT2D eigenvalue weighted by Gasteiger charge is -2.33. The summed E-state index contributed by atoms with van der Waals surface area (Å²) in [5, 5.41) is 13.1. The fraction of sp³-hybridized carbons (Fsp3) is 0.667. The number of nitrogens with one attached hydrogen (secondary N) is 1. The summed E-state index contributed by atoms with van der Waals surface area (Å²) in [5.74, 6) is 0.721. The van der Waals surface area contributed by atoms with Crippen molar-refractivity contribution in [3.63, 3.8) is 0 Å². The van der Waals surface area contributed by atoms with E-state index in [4.69, 9.17) is 9.15 Å². The molecule has 0 aliphatic carbocycles. The van der Waals surface area contributed by atoms with E-state index < -0.39 is 5.60 Å². The molecular weight excluding hydrogens is 272 g/mol. The highest BCUT2D eigenvalue weighted by atomic mass is 16.5. The molecule has 6 nitrogen and oxygen atoms in total. The van der Waals surface area contributed by atoms with Crippen molar-refractivity contribution in [1.82, 2.24) is 10.2 Å². The van der Waals surface area contributed by atoms with Gasteiger partial charge in [-0.3, -0.25) is 9.69 Å². The number of aliphatic hydroxyl groups is 1. The number of hydrogen-bond donors (Lipinski definition) is 2. The molecule has 2 heterocycles. The minimum atomic E-state index is -0.933. The van der Waals surface area contributed by atoms with E-state index in [1.54, 1.807) is 19.3 Å². The van der Waals surface area contributed by atoms with Gasteiger partial charge in [0, 0.05) is 39.0 Å². The van der Waals surface area contributed by atoms with Crippen LogP contribution in [0.25, 0.3) is 0 Å². The zero-order chi connectivity index (χ0) is 15.1. The van der Waals surface area contributed by atoms with Gasteiger partial charge in [0.05, 0.1) is 25.1 Å². The highest BCUT2D eigenvalue weighted by molar-refractivity contribution is 5.76. The number of β-amino-alcohol motifs (C(OH)–C–C–N with tert-alkyl or cyclic N) is 1. The van der Waals surface area contributed by atoms with Crippen LogP contribution in [0.5, 0.6) is 0 Å². The smallest absolute Gasteiger partial charge is 0.220 e. The second-order valence-corrected chi connectivity index (χ2v) is 5.74. The van der Waals surface area contributed by atoms with Gasteiger partial charge in [0.1, 0.15) is 5.76 Å². The van der Waals surface area contributed by atoms with E-state index in [1.165, 1.54) is 0 Å². The maximum Gasteiger partial charge on any atom is 0.220 e. The van der Waals surface area contributed by atoms with Gasteiger partial charge in [-0.05, 0) is 19.1 Å². The highest BCUT2D eigenvalue weighted by Gasteiger charge is 2.25. The first-order chi connectivity index (χ1) is 10.1. The summed E-state index contributed by atoms with van der Waals surface area (Å²) in [6.45, 7) is 5.58. The van der Waals surface area contributed by atoms with Crippen molar-refractivity contribution in [3.05, 3.63) is 24.2 Å². The van der Waals surface area contributed by atoms with Gasteiger partial charge in [0.2, 0.25) is 5.91 Å². The van der Waals surface area contributed by atoms with Gasteiger partial charge in [-0.15, -0.1) is 0 Å². The fourth-order valence-electron chi connectivity index (χ4n) is 2.37. The van der Waals surface area contributed by atoms with Crippen molar-refractivity contribution in [2.75, 3.05) is 39.4 Å². The van der Waals surface area contributed by atoms with Crippen molar-refractivity contribution in [2.24, 2.45) is 0 Å². The second kappa shape index (κ2) is 7.59. The summed E-state index contributed by atoms with van der Waals surface area (Å²) in [5.41, 5.74) is -0.933. The number of carbonyl (C=O) groups is 1. The lowest BCUT2D eigenvalue weighted by molar-refractivity contribution is -0.122. The van der Waals surface area contributed by atoms with Crippen LogP contribution in [0.1, 0.15) is 19.1 Å². The van der Waals surface area contributed by atoms with Gasteiger partial charge >= 0.3 is 0 Å². The third-order valence-corrected chi connectivity index (χ3v) is 3.51. The van der Waals surface area contributed by atoms with Gasteiger partial charge < -0.3 is 19.6 Å². The highest BCUT2D eigenvalue weighted by Crippen LogP contribution is 2.08. The van der Waals surface area contributed by atoms with Crippen LogP contribution in [0.3, 0.4) is 0 Å². The molecule has 0 spiro atoms. The molecule has 0 aromatic carbocycles. The van der Waals surface area contributed by atoms with Crippen molar-refractivity contribution in [1.29, 1.82) is 0 Å². The van der Waals surface area contributed by atoms with Crippen molar-refractivity contribution < 1.29 is 19.1 Å². The number of rotatable bonds is 7. The first-order valence-corrected chi connectivity index (χ1v) is 7.37. The zero-order valence-electron chi connectivity index (χ0n) is 12.5. The molecule has 0 radical (unpaired) electrons. The van der Waals surface area contributed by atoms with Crippen LogP contribution in [0.2, 0.25) is 0 Å². The number of furan rings is 1. The van der Waals surface area contributed by atoms with E-state index >= 15 is 0 Å². The Balaban J connectivity index is 1.66. The zero-order valence-corrected chi connectivity index (χ0v) is 12.5. The molecule has 21 heavy (non-hydrogen) atoms. The number of nitrogens with zero attached hydrogens (tertiary/aromatic N) is 1. The van der Waals surface area contributed by atoms with E-state index in [0.717, 1.165) is 18.8 Å². The van der Waals surface area contributed by atoms with Gasteiger partial charge in [-0.2, -0.15) is 0 Å². The number of amides is 1. The lowest BCUT2D eigenvalue weighted by atomic mass is 10.1. The van der Waals surface area contributed by atoms with Crippen LogP contribution in [0, 0.1) is 0 Å². The van der Waals surface area contributed by atoms with Crippen molar-refractivity contribution in [2.45, 2.75) is 25.4 Å². The molecule has 1 atom stereocenters. The van der Waals surface area contributed by atoms with Gasteiger partial charge in [0.15, 0.2) is 0 Å². The normalized spacial score (nSPS) is 19.1. The number of ether oxygens (including phenoxy) is 1. The van der Waals surface area contributed by atoms with E-state index in [2.05, 4.69) is 10.2 Å². The molecule has 6 heteroatoms. The maximum atomic E-state index is 11.8. The average molecular weight is 296 g/mol. The van der Waals surface area contributed by atoms with Crippen molar-refractivity contribution >= 4 is 5.91 Å². The number of aryl methyl sites for hydroxylation is 1. The molecule has 1 fully saturated rings. The molecular formula is C15H24N2O4. The van der Waals surface area contributed by atoms with Gasteiger partial charge in [-0.25, -0.2) is 0 Å². The first-order valence-electron chi connectivity index (χ1n) is 7.37. The molecule has 0 bridgehead atoms.